The maximum atomic E-state index is 16.2. The second-order valence-corrected chi connectivity index (χ2v) is 8.39. The van der Waals surface area contributed by atoms with Gasteiger partial charge in [0.15, 0.2) is 0 Å². The fourth-order valence-electron chi connectivity index (χ4n) is 3.49. The Morgan fingerprint density at radius 3 is 2.31 bits per heavy atom. The van der Waals surface area contributed by atoms with Crippen molar-refractivity contribution in [2.45, 2.75) is 50.7 Å². The summed E-state index contributed by atoms with van der Waals surface area (Å²) in [6, 6.07) is 7.48. The van der Waals surface area contributed by atoms with Crippen LogP contribution in [0.25, 0.3) is 0 Å². The number of fused-ring (bicyclic) bond motifs is 1. The molecule has 0 radical (unpaired) electrons. The van der Waals surface area contributed by atoms with Crippen LogP contribution in [0.5, 0.6) is 0 Å². The first-order valence-corrected chi connectivity index (χ1v) is 9.90. The van der Waals surface area contributed by atoms with Crippen molar-refractivity contribution in [3.05, 3.63) is 59.8 Å². The molecule has 2 amide bonds. The highest BCUT2D eigenvalue weighted by Crippen LogP contribution is 2.46. The van der Waals surface area contributed by atoms with E-state index in [-0.39, 0.29) is 24.3 Å². The topological polar surface area (TPSA) is 71.5 Å². The molecule has 0 unspecified atom stereocenters. The fourth-order valence-corrected chi connectivity index (χ4v) is 3.49. The number of rotatable bonds is 4. The third-order valence-electron chi connectivity index (χ3n) is 4.89. The van der Waals surface area contributed by atoms with Gasteiger partial charge < -0.3 is 10.1 Å². The molecule has 10 heteroatoms. The van der Waals surface area contributed by atoms with Gasteiger partial charge in [-0.25, -0.2) is 14.2 Å². The number of hydrogen-bond acceptors (Lipinski definition) is 4. The molecule has 2 atom stereocenters. The molecule has 2 heterocycles. The first-order chi connectivity index (χ1) is 14.8. The molecule has 0 saturated heterocycles. The molecule has 0 bridgehead atoms. The number of amides is 2. The molecule has 172 valence electrons. The molecule has 6 nitrogen and oxygen atoms in total. The van der Waals surface area contributed by atoms with Crippen LogP contribution in [0.2, 0.25) is 0 Å². The van der Waals surface area contributed by atoms with E-state index in [1.807, 2.05) is 5.32 Å². The molecule has 0 spiro atoms. The lowest BCUT2D eigenvalue weighted by Crippen LogP contribution is -2.62. The number of benzene rings is 1. The molecule has 0 saturated carbocycles. The fraction of sp³-hybridized carbons (Fsp3) is 0.409. The third-order valence-corrected chi connectivity index (χ3v) is 4.89. The lowest BCUT2D eigenvalue weighted by Gasteiger charge is -2.37. The number of ether oxygens (including phenoxy) is 1. The van der Waals surface area contributed by atoms with Crippen molar-refractivity contribution in [3.63, 3.8) is 0 Å². The van der Waals surface area contributed by atoms with Crippen LogP contribution in [-0.2, 0) is 16.0 Å². The van der Waals surface area contributed by atoms with E-state index in [1.54, 1.807) is 12.1 Å². The first-order valence-electron chi connectivity index (χ1n) is 9.90. The quantitative estimate of drug-likeness (QED) is 0.692. The minimum atomic E-state index is -5.66. The van der Waals surface area contributed by atoms with Crippen molar-refractivity contribution in [2.75, 3.05) is 11.4 Å². The maximum absolute atomic E-state index is 16.2. The van der Waals surface area contributed by atoms with Gasteiger partial charge in [0.1, 0.15) is 17.5 Å². The van der Waals surface area contributed by atoms with Crippen LogP contribution >= 0.6 is 0 Å². The minimum absolute atomic E-state index is 0.0344. The van der Waals surface area contributed by atoms with E-state index in [2.05, 4.69) is 4.98 Å². The van der Waals surface area contributed by atoms with Gasteiger partial charge in [0.2, 0.25) is 0 Å². The number of carbonyl (C=O) groups excluding carboxylic acids is 2. The molecule has 1 aliphatic rings. The Balaban J connectivity index is 2.08. The van der Waals surface area contributed by atoms with E-state index in [1.165, 1.54) is 57.3 Å². The summed E-state index contributed by atoms with van der Waals surface area (Å²) < 4.78 is 64.0. The Morgan fingerprint density at radius 1 is 1.06 bits per heavy atom. The van der Waals surface area contributed by atoms with Gasteiger partial charge >= 0.3 is 17.9 Å². The predicted molar refractivity (Wildman–Crippen MR) is 109 cm³/mol. The summed E-state index contributed by atoms with van der Waals surface area (Å²) in [5.74, 6) is -1.89. The second kappa shape index (κ2) is 8.40. The summed E-state index contributed by atoms with van der Waals surface area (Å²) in [4.78, 5) is 30.1. The summed E-state index contributed by atoms with van der Waals surface area (Å²) in [7, 11) is 0. The lowest BCUT2D eigenvalue weighted by atomic mass is 9.88. The van der Waals surface area contributed by atoms with Crippen LogP contribution in [0.1, 0.15) is 37.9 Å². The third kappa shape index (κ3) is 4.53. The molecule has 0 aliphatic carbocycles. The average Bonchev–Trinajstić information content (AvgIpc) is 3.13. The van der Waals surface area contributed by atoms with Crippen molar-refractivity contribution in [1.29, 1.82) is 0 Å². The number of hydrogen-bond donors (Lipinski definition) is 1. The number of carbonyl (C=O) groups is 2. The number of aromatic nitrogens is 1. The first kappa shape index (κ1) is 23.5. The van der Waals surface area contributed by atoms with Crippen LogP contribution in [0, 0.1) is 0 Å². The summed E-state index contributed by atoms with van der Waals surface area (Å²) in [6.07, 6.45) is -5.40. The predicted octanol–water partition coefficient (Wildman–Crippen LogP) is 4.51. The van der Waals surface area contributed by atoms with Gasteiger partial charge in [0.05, 0.1) is 0 Å². The smallest absolute Gasteiger partial charge is 0.434 e. The zero-order valence-corrected chi connectivity index (χ0v) is 17.7. The Labute approximate surface area is 182 Å². The molecule has 2 aromatic rings. The molecular weight excluding hydrogens is 430 g/mol. The van der Waals surface area contributed by atoms with Gasteiger partial charge in [-0.3, -0.25) is 9.69 Å². The van der Waals surface area contributed by atoms with E-state index in [9.17, 15) is 22.8 Å². The Morgan fingerprint density at radius 2 is 1.72 bits per heavy atom. The van der Waals surface area contributed by atoms with Crippen molar-refractivity contribution in [2.24, 2.45) is 0 Å². The average molecular weight is 453 g/mol. The minimum Gasteiger partial charge on any atom is -0.444 e. The molecular formula is C22H23F4N3O3. The van der Waals surface area contributed by atoms with Gasteiger partial charge in [0.25, 0.3) is 5.91 Å². The van der Waals surface area contributed by atoms with Gasteiger partial charge in [-0.1, -0.05) is 36.4 Å². The number of nitrogens with one attached hydrogen (secondary N) is 1. The zero-order valence-electron chi connectivity index (χ0n) is 17.7. The van der Waals surface area contributed by atoms with E-state index in [0.717, 1.165) is 0 Å². The second-order valence-electron chi connectivity index (χ2n) is 8.39. The Bertz CT molecular complexity index is 992. The summed E-state index contributed by atoms with van der Waals surface area (Å²) in [5, 5.41) is 1.94. The number of nitrogens with zero attached hydrogens (tertiary/aromatic N) is 2. The Kier molecular flexibility index (Phi) is 6.17. The molecule has 1 aliphatic heterocycles. The highest BCUT2D eigenvalue weighted by molar-refractivity contribution is 6.01. The van der Waals surface area contributed by atoms with E-state index in [4.69, 9.17) is 4.74 Å². The van der Waals surface area contributed by atoms with E-state index >= 15 is 4.39 Å². The maximum Gasteiger partial charge on any atom is 0.434 e. The van der Waals surface area contributed by atoms with Crippen molar-refractivity contribution in [1.82, 2.24) is 10.3 Å². The standard InChI is InChI=1S/C22H23F4N3O3/c1-20(2,3)32-19(31)28-16(14-8-5-4-6-9-14)21(23,22(24,25)26)18(30)29-13-11-15-10-7-12-27-17(15)29/h4-10,12,16H,11,13H2,1-3H3,(H,28,31)/t16-,21-/m1/s1. The van der Waals surface area contributed by atoms with Crippen molar-refractivity contribution in [3.8, 4) is 0 Å². The molecule has 1 aromatic heterocycles. The van der Waals surface area contributed by atoms with E-state index in [0.29, 0.717) is 10.5 Å². The number of halogens is 4. The largest absolute Gasteiger partial charge is 0.444 e. The monoisotopic (exact) mass is 453 g/mol. The van der Waals surface area contributed by atoms with Crippen LogP contribution in [-0.4, -0.2) is 41.0 Å². The summed E-state index contributed by atoms with van der Waals surface area (Å²) >= 11 is 0. The highest BCUT2D eigenvalue weighted by atomic mass is 19.4. The van der Waals surface area contributed by atoms with Crippen LogP contribution in [0.3, 0.4) is 0 Å². The summed E-state index contributed by atoms with van der Waals surface area (Å²) in [5.41, 5.74) is -5.25. The van der Waals surface area contributed by atoms with Crippen LogP contribution < -0.4 is 10.2 Å². The molecule has 1 N–H and O–H groups in total. The van der Waals surface area contributed by atoms with Gasteiger partial charge in [-0.05, 0) is 44.4 Å². The van der Waals surface area contributed by atoms with Gasteiger partial charge in [-0.15, -0.1) is 0 Å². The van der Waals surface area contributed by atoms with Crippen LogP contribution in [0.4, 0.5) is 28.2 Å². The lowest BCUT2D eigenvalue weighted by molar-refractivity contribution is -0.234. The Hall–Kier alpha value is -3.17. The zero-order chi connectivity index (χ0) is 23.7. The normalized spacial score (nSPS) is 16.7. The van der Waals surface area contributed by atoms with E-state index < -0.39 is 35.5 Å². The molecule has 32 heavy (non-hydrogen) atoms. The number of anilines is 1. The molecule has 3 rings (SSSR count). The van der Waals surface area contributed by atoms with Crippen molar-refractivity contribution >= 4 is 17.8 Å². The van der Waals surface area contributed by atoms with Gasteiger partial charge in [0, 0.05) is 12.7 Å². The number of pyridine rings is 1. The molecule has 1 aromatic carbocycles. The molecule has 0 fully saturated rings. The number of alkyl halides is 4. The van der Waals surface area contributed by atoms with Crippen molar-refractivity contribution < 1.29 is 31.9 Å². The highest BCUT2D eigenvalue weighted by Gasteiger charge is 2.69. The van der Waals surface area contributed by atoms with Gasteiger partial charge in [-0.2, -0.15) is 13.2 Å². The SMILES string of the molecule is CC(C)(C)OC(=O)N[C@H](c1ccccc1)[C@@](F)(C(=O)N1CCc2cccnc21)C(F)(F)F. The summed E-state index contributed by atoms with van der Waals surface area (Å²) in [6.45, 7) is 4.36. The van der Waals surface area contributed by atoms with Crippen LogP contribution in [0.15, 0.2) is 48.7 Å². The number of alkyl carbamates (subject to hydrolysis) is 1.